The zero-order valence-electron chi connectivity index (χ0n) is 14.8. The van der Waals surface area contributed by atoms with Gasteiger partial charge < -0.3 is 15.0 Å². The van der Waals surface area contributed by atoms with E-state index in [2.05, 4.69) is 5.32 Å². The van der Waals surface area contributed by atoms with Crippen molar-refractivity contribution in [1.29, 1.82) is 0 Å². The second-order valence-corrected chi connectivity index (χ2v) is 7.08. The highest BCUT2D eigenvalue weighted by molar-refractivity contribution is 6.35. The van der Waals surface area contributed by atoms with Crippen LogP contribution in [0.5, 0.6) is 5.75 Å². The summed E-state index contributed by atoms with van der Waals surface area (Å²) in [4.78, 5) is 26.3. The van der Waals surface area contributed by atoms with Gasteiger partial charge in [-0.3, -0.25) is 9.59 Å². The van der Waals surface area contributed by atoms with E-state index in [0.29, 0.717) is 20.8 Å². The molecule has 0 saturated heterocycles. The van der Waals surface area contributed by atoms with E-state index in [1.807, 2.05) is 0 Å². The Morgan fingerprint density at radius 1 is 1.07 bits per heavy atom. The van der Waals surface area contributed by atoms with E-state index in [-0.39, 0.29) is 25.0 Å². The molecule has 1 N–H and O–H groups in total. The van der Waals surface area contributed by atoms with Crippen LogP contribution in [0.25, 0.3) is 0 Å². The van der Waals surface area contributed by atoms with Gasteiger partial charge in [0, 0.05) is 23.6 Å². The van der Waals surface area contributed by atoms with E-state index >= 15 is 0 Å². The number of hydrogen-bond acceptors (Lipinski definition) is 3. The molecule has 0 unspecified atom stereocenters. The molecule has 0 aromatic heterocycles. The fourth-order valence-corrected chi connectivity index (χ4v) is 2.98. The van der Waals surface area contributed by atoms with Crippen molar-refractivity contribution in [1.82, 2.24) is 10.2 Å². The van der Waals surface area contributed by atoms with Crippen LogP contribution in [0.15, 0.2) is 42.5 Å². The number of rotatable bonds is 7. The average molecular weight is 430 g/mol. The molecule has 0 spiro atoms. The first-order chi connectivity index (χ1) is 12.8. The third-order valence-electron chi connectivity index (χ3n) is 3.92. The zero-order valence-corrected chi connectivity index (χ0v) is 17.1. The Morgan fingerprint density at radius 3 is 2.30 bits per heavy atom. The third kappa shape index (κ3) is 6.03. The number of nitrogens with zero attached hydrogens (tertiary/aromatic N) is 1. The van der Waals surface area contributed by atoms with Crippen molar-refractivity contribution in [2.45, 2.75) is 19.5 Å². The minimum absolute atomic E-state index is 0.238. The maximum absolute atomic E-state index is 12.8. The number of carbonyl (C=O) groups excluding carboxylic acids is 2. The SMILES string of the molecule is CNC(=O)[C@H](C)N(Cc1ccc(Cl)cc1)C(=O)COc1ccc(Cl)cc1Cl. The summed E-state index contributed by atoms with van der Waals surface area (Å²) in [7, 11) is 1.52. The molecular weight excluding hydrogens is 411 g/mol. The van der Waals surface area contributed by atoms with Crippen LogP contribution in [0.2, 0.25) is 15.1 Å². The number of likely N-dealkylation sites (N-methyl/N-ethyl adjacent to an activating group) is 1. The van der Waals surface area contributed by atoms with Gasteiger partial charge in [-0.15, -0.1) is 0 Å². The Bertz CT molecular complexity index is 812. The molecule has 2 aromatic rings. The number of carbonyl (C=O) groups is 2. The Morgan fingerprint density at radius 2 is 1.70 bits per heavy atom. The molecule has 8 heteroatoms. The van der Waals surface area contributed by atoms with Crippen LogP contribution >= 0.6 is 34.8 Å². The quantitative estimate of drug-likeness (QED) is 0.718. The minimum atomic E-state index is -0.678. The summed E-state index contributed by atoms with van der Waals surface area (Å²) >= 11 is 17.8. The Balaban J connectivity index is 2.14. The molecule has 0 fully saturated rings. The molecule has 1 atom stereocenters. The lowest BCUT2D eigenvalue weighted by Gasteiger charge is -2.28. The van der Waals surface area contributed by atoms with Crippen LogP contribution in [0, 0.1) is 0 Å². The van der Waals surface area contributed by atoms with Crippen LogP contribution in [0.4, 0.5) is 0 Å². The highest BCUT2D eigenvalue weighted by atomic mass is 35.5. The number of halogens is 3. The topological polar surface area (TPSA) is 58.6 Å². The predicted octanol–water partition coefficient (Wildman–Crippen LogP) is 4.19. The molecule has 2 aromatic carbocycles. The molecule has 0 saturated carbocycles. The Kier molecular flexibility index (Phi) is 7.78. The number of nitrogens with one attached hydrogen (secondary N) is 1. The van der Waals surface area contributed by atoms with Gasteiger partial charge in [0.15, 0.2) is 6.61 Å². The molecule has 0 aliphatic carbocycles. The first kappa shape index (κ1) is 21.4. The summed E-state index contributed by atoms with van der Waals surface area (Å²) in [5.41, 5.74) is 0.841. The van der Waals surface area contributed by atoms with E-state index in [1.54, 1.807) is 43.3 Å². The molecule has 5 nitrogen and oxygen atoms in total. The van der Waals surface area contributed by atoms with Gasteiger partial charge in [-0.05, 0) is 42.8 Å². The summed E-state index contributed by atoms with van der Waals surface area (Å²) in [5.74, 6) is -0.289. The van der Waals surface area contributed by atoms with Crippen LogP contribution in [0.1, 0.15) is 12.5 Å². The Hall–Kier alpha value is -1.95. The van der Waals surface area contributed by atoms with E-state index in [1.165, 1.54) is 18.0 Å². The molecule has 0 bridgehead atoms. The van der Waals surface area contributed by atoms with Gasteiger partial charge in [-0.1, -0.05) is 46.9 Å². The summed E-state index contributed by atoms with van der Waals surface area (Å²) in [5, 5.41) is 3.92. The van der Waals surface area contributed by atoms with Crippen LogP contribution in [-0.2, 0) is 16.1 Å². The normalized spacial score (nSPS) is 11.6. The third-order valence-corrected chi connectivity index (χ3v) is 4.71. The van der Waals surface area contributed by atoms with E-state index in [9.17, 15) is 9.59 Å². The number of hydrogen-bond donors (Lipinski definition) is 1. The monoisotopic (exact) mass is 428 g/mol. The molecule has 0 aliphatic heterocycles. The largest absolute Gasteiger partial charge is 0.482 e. The maximum atomic E-state index is 12.8. The highest BCUT2D eigenvalue weighted by Crippen LogP contribution is 2.27. The summed E-state index contributed by atoms with van der Waals surface area (Å²) in [6, 6.07) is 11.1. The maximum Gasteiger partial charge on any atom is 0.261 e. The lowest BCUT2D eigenvalue weighted by molar-refractivity contribution is -0.142. The van der Waals surface area contributed by atoms with E-state index in [0.717, 1.165) is 5.56 Å². The van der Waals surface area contributed by atoms with Crippen molar-refractivity contribution in [2.75, 3.05) is 13.7 Å². The summed E-state index contributed by atoms with van der Waals surface area (Å²) in [6.45, 7) is 1.63. The summed E-state index contributed by atoms with van der Waals surface area (Å²) < 4.78 is 5.52. The van der Waals surface area contributed by atoms with Gasteiger partial charge in [0.1, 0.15) is 11.8 Å². The molecule has 144 valence electrons. The first-order valence-corrected chi connectivity index (χ1v) is 9.28. The Labute approximate surface area is 173 Å². The van der Waals surface area contributed by atoms with Gasteiger partial charge in [-0.25, -0.2) is 0 Å². The van der Waals surface area contributed by atoms with Crippen molar-refractivity contribution < 1.29 is 14.3 Å². The van der Waals surface area contributed by atoms with Gasteiger partial charge in [0.05, 0.1) is 5.02 Å². The van der Waals surface area contributed by atoms with Crippen molar-refractivity contribution in [3.8, 4) is 5.75 Å². The second kappa shape index (κ2) is 9.83. The lowest BCUT2D eigenvalue weighted by atomic mass is 10.1. The lowest BCUT2D eigenvalue weighted by Crippen LogP contribution is -2.48. The van der Waals surface area contributed by atoms with Gasteiger partial charge in [0.25, 0.3) is 5.91 Å². The fraction of sp³-hybridized carbons (Fsp3) is 0.263. The molecule has 0 radical (unpaired) electrons. The highest BCUT2D eigenvalue weighted by Gasteiger charge is 2.26. The van der Waals surface area contributed by atoms with Crippen molar-refractivity contribution >= 4 is 46.6 Å². The predicted molar refractivity (Wildman–Crippen MR) is 107 cm³/mol. The van der Waals surface area contributed by atoms with Crippen LogP contribution < -0.4 is 10.1 Å². The smallest absolute Gasteiger partial charge is 0.261 e. The average Bonchev–Trinajstić information content (AvgIpc) is 2.65. The standard InChI is InChI=1S/C19H19Cl3N2O3/c1-12(19(26)23-2)24(10-13-3-5-14(20)6-4-13)18(25)11-27-17-8-7-15(21)9-16(17)22/h3-9,12H,10-11H2,1-2H3,(H,23,26)/t12-/m0/s1. The first-order valence-electron chi connectivity index (χ1n) is 8.15. The summed E-state index contributed by atoms with van der Waals surface area (Å²) in [6.07, 6.45) is 0. The fourth-order valence-electron chi connectivity index (χ4n) is 2.39. The number of amides is 2. The molecule has 0 heterocycles. The van der Waals surface area contributed by atoms with Crippen LogP contribution in [-0.4, -0.2) is 36.4 Å². The minimum Gasteiger partial charge on any atom is -0.482 e. The van der Waals surface area contributed by atoms with Gasteiger partial charge in [-0.2, -0.15) is 0 Å². The van der Waals surface area contributed by atoms with Crippen molar-refractivity contribution in [3.63, 3.8) is 0 Å². The second-order valence-electron chi connectivity index (χ2n) is 5.80. The molecule has 0 aliphatic rings. The van der Waals surface area contributed by atoms with E-state index < -0.39 is 6.04 Å². The molecule has 2 rings (SSSR count). The van der Waals surface area contributed by atoms with Gasteiger partial charge >= 0.3 is 0 Å². The van der Waals surface area contributed by atoms with Crippen molar-refractivity contribution in [3.05, 3.63) is 63.1 Å². The van der Waals surface area contributed by atoms with Crippen molar-refractivity contribution in [2.24, 2.45) is 0 Å². The molecular formula is C19H19Cl3N2O3. The van der Waals surface area contributed by atoms with Gasteiger partial charge in [0.2, 0.25) is 5.91 Å². The number of ether oxygens (including phenoxy) is 1. The van der Waals surface area contributed by atoms with E-state index in [4.69, 9.17) is 39.5 Å². The zero-order chi connectivity index (χ0) is 20.0. The molecule has 2 amide bonds. The number of benzene rings is 2. The van der Waals surface area contributed by atoms with Crippen LogP contribution in [0.3, 0.4) is 0 Å². The molecule has 27 heavy (non-hydrogen) atoms.